The molecule has 0 aliphatic rings. The van der Waals surface area contributed by atoms with E-state index in [2.05, 4.69) is 95.7 Å². The van der Waals surface area contributed by atoms with Gasteiger partial charge in [0.05, 0.1) is 89.8 Å². The van der Waals surface area contributed by atoms with Crippen LogP contribution in [0, 0.1) is 35.5 Å². The maximum absolute atomic E-state index is 12.6. The summed E-state index contributed by atoms with van der Waals surface area (Å²) in [6, 6.07) is 0. The average molecular weight is 1810 g/mol. The van der Waals surface area contributed by atoms with Gasteiger partial charge in [-0.05, 0) is 186 Å². The van der Waals surface area contributed by atoms with Crippen LogP contribution in [0.2, 0.25) is 0 Å². The summed E-state index contributed by atoms with van der Waals surface area (Å²) >= 11 is 52.1. The molecule has 0 aromatic heterocycles. The van der Waals surface area contributed by atoms with E-state index in [1.54, 1.807) is 34.1 Å². The SMILES string of the molecule is CCCCC(CC)COP(=S)(OCC(CC)CCCC)SCC(C)OP(=S)(OC(C)CS)SCC(C)OP(=S)(OC(C)CSP(=S)(OC(C)CSP(=S)(OCC(CC)CCCC)OCC(CC)CCCC)OC(C)CSP(=S)(OCC(CC)CCCC)OCC(CC)CCCC)SCCC(=O)OC. The maximum atomic E-state index is 12.6. The minimum absolute atomic E-state index is 0.118. The van der Waals surface area contributed by atoms with Crippen LogP contribution in [-0.2, 0) is 135 Å². The molecule has 14 atom stereocenters. The normalized spacial score (nSPS) is 19.4. The topological polar surface area (TPSA) is 137 Å². The van der Waals surface area contributed by atoms with Crippen LogP contribution >= 0.6 is 115 Å². The molecule has 0 saturated heterocycles. The summed E-state index contributed by atoms with van der Waals surface area (Å²) in [5.41, 5.74) is -17.9. The molecular formula is C70H146O14P6S13. The van der Waals surface area contributed by atoms with Crippen molar-refractivity contribution in [3.63, 3.8) is 0 Å². The molecule has 0 saturated carbocycles. The fourth-order valence-corrected chi connectivity index (χ4v) is 40.3. The molecule has 618 valence electrons. The lowest BCUT2D eigenvalue weighted by molar-refractivity contribution is -0.140. The van der Waals surface area contributed by atoms with Crippen LogP contribution in [0.1, 0.15) is 285 Å². The molecule has 0 aromatic carbocycles. The number of esters is 1. The summed E-state index contributed by atoms with van der Waals surface area (Å²) in [6.07, 6.45) is 24.0. The number of unbranched alkanes of at least 4 members (excludes halogenated alkanes) is 6. The second kappa shape index (κ2) is 64.4. The van der Waals surface area contributed by atoms with Crippen molar-refractivity contribution in [3.05, 3.63) is 0 Å². The standard InChI is InChI=1S/C70H146O14P6S13/c1-20-32-38-64(26-7)46-73-85(92,74-47-65(27-8)39-33-21-2)99-53-59(14)82-89(96,79-58(13)52-91)102-56-62(17)80-88(95,98-45-44-70(71)72-19)81-63(18)57-103-90(97,83-60(15)54-100-86(93,75-48-66(28-9)40-34-22-3)76-49-67(29-10)41-35-23-4)84-61(16)55-101-87(94,77-50-68(30-11)42-36-24-5)78-51-69(31-12)43-37-25-6/h58-69,91H,20-57H2,1-19H3. The smallest absolute Gasteiger partial charge is 0.306 e. The highest BCUT2D eigenvalue weighted by Crippen LogP contribution is 2.70. The highest BCUT2D eigenvalue weighted by molar-refractivity contribution is 8.70. The van der Waals surface area contributed by atoms with Crippen molar-refractivity contribution in [2.75, 3.05) is 87.0 Å². The molecule has 14 nitrogen and oxygen atoms in total. The Morgan fingerprint density at radius 1 is 0.320 bits per heavy atom. The van der Waals surface area contributed by atoms with Gasteiger partial charge in [0.2, 0.25) is 34.2 Å². The highest BCUT2D eigenvalue weighted by Gasteiger charge is 2.36. The lowest BCUT2D eigenvalue weighted by Gasteiger charge is -2.32. The number of carbonyl (C=O) groups excluding carboxylic acids is 1. The summed E-state index contributed by atoms with van der Waals surface area (Å²) < 4.78 is 86.9. The van der Waals surface area contributed by atoms with Gasteiger partial charge in [0.1, 0.15) is 0 Å². The Morgan fingerprint density at radius 2 is 0.515 bits per heavy atom. The third-order valence-corrected chi connectivity index (χ3v) is 50.8. The largest absolute Gasteiger partial charge is 0.469 e. The first-order valence-electron chi connectivity index (χ1n) is 39.0. The average Bonchev–Trinajstić information content (AvgIpc) is 0.851. The molecule has 0 aliphatic carbocycles. The fraction of sp³-hybridized carbons (Fsp3) is 0.986. The Kier molecular flexibility index (Phi) is 67.7. The van der Waals surface area contributed by atoms with Crippen LogP contribution in [0.3, 0.4) is 0 Å². The van der Waals surface area contributed by atoms with Gasteiger partial charge >= 0.3 is 5.97 Å². The van der Waals surface area contributed by atoms with Gasteiger partial charge in [-0.15, -0.1) is 0 Å². The van der Waals surface area contributed by atoms with Crippen LogP contribution in [0.25, 0.3) is 0 Å². The Bertz CT molecular complexity index is 2280. The fourth-order valence-electron chi connectivity index (χ4n) is 9.99. The molecule has 0 bridgehead atoms. The highest BCUT2D eigenvalue weighted by atomic mass is 32.9. The van der Waals surface area contributed by atoms with E-state index in [1.165, 1.54) is 41.3 Å². The molecular weight excluding hydrogens is 1670 g/mol. The van der Waals surface area contributed by atoms with Crippen molar-refractivity contribution in [3.8, 4) is 0 Å². The number of hydrogen-bond donors (Lipinski definition) is 1. The third kappa shape index (κ3) is 54.1. The molecule has 33 heteroatoms. The molecule has 0 heterocycles. The van der Waals surface area contributed by atoms with Crippen molar-refractivity contribution >= 4 is 192 Å². The summed E-state index contributed by atoms with van der Waals surface area (Å²) in [4.78, 5) is 12.6. The quantitative estimate of drug-likeness (QED) is 0.0351. The van der Waals surface area contributed by atoms with Crippen molar-refractivity contribution in [1.82, 2.24) is 0 Å². The van der Waals surface area contributed by atoms with E-state index in [4.69, 9.17) is 130 Å². The van der Waals surface area contributed by atoms with Crippen LogP contribution in [0.15, 0.2) is 0 Å². The van der Waals surface area contributed by atoms with E-state index >= 15 is 0 Å². The molecule has 0 aromatic rings. The van der Waals surface area contributed by atoms with Gasteiger partial charge in [-0.25, -0.2) is 0 Å². The molecule has 0 rings (SSSR count). The van der Waals surface area contributed by atoms with Gasteiger partial charge in [0.15, 0.2) is 0 Å². The van der Waals surface area contributed by atoms with Gasteiger partial charge < -0.3 is 59.0 Å². The number of rotatable bonds is 74. The van der Waals surface area contributed by atoms with E-state index in [0.29, 0.717) is 115 Å². The molecule has 14 unspecified atom stereocenters. The molecule has 0 fully saturated rings. The molecule has 0 radical (unpaired) electrons. The van der Waals surface area contributed by atoms with Crippen molar-refractivity contribution in [2.24, 2.45) is 35.5 Å². The van der Waals surface area contributed by atoms with Gasteiger partial charge in [-0.1, -0.05) is 267 Å². The predicted molar refractivity (Wildman–Crippen MR) is 490 cm³/mol. The Morgan fingerprint density at radius 3 is 0.699 bits per heavy atom. The molecule has 103 heavy (non-hydrogen) atoms. The minimum atomic E-state index is -3.23. The van der Waals surface area contributed by atoms with Crippen LogP contribution in [0.4, 0.5) is 0 Å². The lowest BCUT2D eigenvalue weighted by atomic mass is 10.0. The predicted octanol–water partition coefficient (Wildman–Crippen LogP) is 28.1. The first kappa shape index (κ1) is 108. The second-order valence-corrected chi connectivity index (χ2v) is 65.6. The number of methoxy groups -OCH3 is 1. The zero-order chi connectivity index (χ0) is 77.8. The van der Waals surface area contributed by atoms with E-state index in [0.717, 1.165) is 154 Å². The number of carbonyl (C=O) groups is 1. The zero-order valence-corrected chi connectivity index (χ0v) is 83.1. The summed E-state index contributed by atoms with van der Waals surface area (Å²) in [7, 11) is 1.38. The lowest BCUT2D eigenvalue weighted by Crippen LogP contribution is -2.18. The van der Waals surface area contributed by atoms with Gasteiger partial charge in [0.25, 0.3) is 0 Å². The second-order valence-electron chi connectivity index (χ2n) is 27.3. The monoisotopic (exact) mass is 1810 g/mol. The van der Waals surface area contributed by atoms with Crippen molar-refractivity contribution in [2.45, 2.75) is 322 Å². The Hall–Kier alpha value is 5.34. The van der Waals surface area contributed by atoms with Crippen LogP contribution < -0.4 is 0 Å². The Labute approximate surface area is 693 Å². The first-order chi connectivity index (χ1) is 48.9. The van der Waals surface area contributed by atoms with E-state index in [1.807, 2.05) is 41.5 Å². The molecule has 0 N–H and O–H groups in total. The molecule has 0 aliphatic heterocycles. The van der Waals surface area contributed by atoms with E-state index in [9.17, 15) is 4.79 Å². The van der Waals surface area contributed by atoms with Crippen molar-refractivity contribution in [1.29, 1.82) is 0 Å². The van der Waals surface area contributed by atoms with Gasteiger partial charge in [0, 0.05) is 40.3 Å². The number of hydrogen-bond acceptors (Lipinski definition) is 27. The summed E-state index contributed by atoms with van der Waals surface area (Å²) in [6.45, 7) is 42.1. The molecule has 0 spiro atoms. The Balaban J connectivity index is 7.31. The first-order valence-corrected chi connectivity index (χ1v) is 65.0. The summed E-state index contributed by atoms with van der Waals surface area (Å²) in [5.74, 6) is 5.04. The third-order valence-electron chi connectivity index (χ3n) is 17.3. The van der Waals surface area contributed by atoms with E-state index < -0.39 is 58.6 Å². The van der Waals surface area contributed by atoms with Crippen LogP contribution in [-0.4, -0.2) is 130 Å². The maximum Gasteiger partial charge on any atom is 0.306 e. The van der Waals surface area contributed by atoms with E-state index in [-0.39, 0.29) is 24.6 Å². The van der Waals surface area contributed by atoms with Crippen LogP contribution in [0.5, 0.6) is 0 Å². The minimum Gasteiger partial charge on any atom is -0.469 e. The molecule has 0 amide bonds. The van der Waals surface area contributed by atoms with Gasteiger partial charge in [-0.3, -0.25) is 4.79 Å². The summed E-state index contributed by atoms with van der Waals surface area (Å²) in [5, 5.41) is 0. The number of thiol groups is 1. The zero-order valence-electron chi connectivity index (χ0n) is 67.0. The van der Waals surface area contributed by atoms with Gasteiger partial charge in [-0.2, -0.15) is 12.6 Å². The van der Waals surface area contributed by atoms with Crippen molar-refractivity contribution < 1.29 is 63.8 Å². The number of ether oxygens (including phenoxy) is 1.